The van der Waals surface area contributed by atoms with Gasteiger partial charge in [0.15, 0.2) is 0 Å². The van der Waals surface area contributed by atoms with E-state index in [0.717, 1.165) is 12.8 Å². The van der Waals surface area contributed by atoms with Crippen LogP contribution in [-0.2, 0) is 4.79 Å². The van der Waals surface area contributed by atoms with E-state index in [4.69, 9.17) is 15.7 Å². The highest BCUT2D eigenvalue weighted by atomic mass is 16.5. The van der Waals surface area contributed by atoms with Crippen molar-refractivity contribution >= 4 is 40.9 Å². The number of ether oxygens (including phenoxy) is 1. The summed E-state index contributed by atoms with van der Waals surface area (Å²) in [6.45, 7) is 6.49. The Kier molecular flexibility index (Phi) is 9.01. The van der Waals surface area contributed by atoms with Gasteiger partial charge in [-0.05, 0) is 43.5 Å². The molecule has 218 valence electrons. The highest BCUT2D eigenvalue weighted by Gasteiger charge is 2.24. The first-order chi connectivity index (χ1) is 20.1. The third-order valence-electron chi connectivity index (χ3n) is 6.83. The molecule has 0 unspecified atom stereocenters. The van der Waals surface area contributed by atoms with E-state index < -0.39 is 5.91 Å². The molecule has 2 aromatic heterocycles. The maximum Gasteiger partial charge on any atom is 0.254 e. The van der Waals surface area contributed by atoms with Crippen molar-refractivity contribution in [2.75, 3.05) is 44.4 Å². The summed E-state index contributed by atoms with van der Waals surface area (Å²) < 4.78 is 7.33. The molecule has 1 aromatic carbocycles. The summed E-state index contributed by atoms with van der Waals surface area (Å²) in [4.78, 5) is 48.8. The number of benzene rings is 1. The Morgan fingerprint density at radius 1 is 1.31 bits per heavy atom. The smallest absolute Gasteiger partial charge is 0.254 e. The third-order valence-corrected chi connectivity index (χ3v) is 6.83. The highest BCUT2D eigenvalue weighted by molar-refractivity contribution is 5.99. The maximum absolute atomic E-state index is 12.7. The molecule has 1 atom stereocenters. The number of piperidine rings is 1. The Hall–Kier alpha value is -5.45. The summed E-state index contributed by atoms with van der Waals surface area (Å²) in [5.41, 5.74) is 7.68. The van der Waals surface area contributed by atoms with Gasteiger partial charge in [-0.3, -0.25) is 19.1 Å². The number of anilines is 4. The van der Waals surface area contributed by atoms with Gasteiger partial charge in [-0.25, -0.2) is 4.98 Å². The molecule has 14 nitrogen and oxygen atoms in total. The molecule has 0 bridgehead atoms. The summed E-state index contributed by atoms with van der Waals surface area (Å²) in [6.07, 6.45) is 7.78. The van der Waals surface area contributed by atoms with Crippen LogP contribution in [0.25, 0.3) is 0 Å². The molecule has 14 heteroatoms. The minimum Gasteiger partial charge on any atom is -0.495 e. The van der Waals surface area contributed by atoms with Crippen LogP contribution in [0.5, 0.6) is 5.75 Å². The summed E-state index contributed by atoms with van der Waals surface area (Å²) in [5, 5.41) is 19.6. The van der Waals surface area contributed by atoms with Crippen LogP contribution in [0.1, 0.15) is 45.2 Å². The van der Waals surface area contributed by atoms with E-state index in [1.54, 1.807) is 41.0 Å². The van der Waals surface area contributed by atoms with Crippen molar-refractivity contribution < 1.29 is 19.1 Å². The van der Waals surface area contributed by atoms with Crippen molar-refractivity contribution in [2.45, 2.75) is 25.8 Å². The van der Waals surface area contributed by atoms with Crippen LogP contribution in [0.15, 0.2) is 43.4 Å². The van der Waals surface area contributed by atoms with Crippen molar-refractivity contribution in [3.05, 3.63) is 60.1 Å². The van der Waals surface area contributed by atoms with Crippen molar-refractivity contribution in [3.8, 4) is 11.8 Å². The monoisotopic (exact) mass is 572 g/mol. The molecule has 1 aliphatic rings. The van der Waals surface area contributed by atoms with E-state index in [0.29, 0.717) is 41.3 Å². The van der Waals surface area contributed by atoms with Crippen molar-refractivity contribution in [1.82, 2.24) is 29.5 Å². The third kappa shape index (κ3) is 6.47. The molecule has 1 fully saturated rings. The van der Waals surface area contributed by atoms with Gasteiger partial charge in [0.2, 0.25) is 11.9 Å². The van der Waals surface area contributed by atoms with Gasteiger partial charge >= 0.3 is 0 Å². The number of amides is 3. The number of primary amides is 1. The molecule has 42 heavy (non-hydrogen) atoms. The lowest BCUT2D eigenvalue weighted by Crippen LogP contribution is -2.39. The Morgan fingerprint density at radius 3 is 2.79 bits per heavy atom. The van der Waals surface area contributed by atoms with Gasteiger partial charge < -0.3 is 30.9 Å². The molecule has 4 N–H and O–H groups in total. The predicted octanol–water partition coefficient (Wildman–Crippen LogP) is 2.52. The number of likely N-dealkylation sites (tertiary alicyclic amines) is 1. The van der Waals surface area contributed by atoms with Crippen LogP contribution in [0.4, 0.5) is 23.1 Å². The second kappa shape index (κ2) is 12.8. The lowest BCUT2D eigenvalue weighted by Gasteiger charge is -2.32. The number of hydrogen-bond acceptors (Lipinski definition) is 10. The fraction of sp³-hybridized carbons (Fsp3) is 0.321. The van der Waals surface area contributed by atoms with E-state index in [9.17, 15) is 14.4 Å². The Morgan fingerprint density at radius 2 is 2.10 bits per heavy atom. The Labute approximate surface area is 242 Å². The van der Waals surface area contributed by atoms with Crippen LogP contribution in [0.3, 0.4) is 0 Å². The number of aryl methyl sites for hydroxylation is 1. The van der Waals surface area contributed by atoms with Crippen molar-refractivity contribution in [3.63, 3.8) is 0 Å². The lowest BCUT2D eigenvalue weighted by atomic mass is 10.1. The average molecular weight is 573 g/mol. The minimum absolute atomic E-state index is 0.0126. The molecule has 1 aliphatic heterocycles. The fourth-order valence-electron chi connectivity index (χ4n) is 4.67. The average Bonchev–Trinajstić information content (AvgIpc) is 3.45. The van der Waals surface area contributed by atoms with Gasteiger partial charge in [0.25, 0.3) is 11.8 Å². The van der Waals surface area contributed by atoms with Crippen LogP contribution in [0, 0.1) is 18.3 Å². The zero-order valence-electron chi connectivity index (χ0n) is 23.6. The largest absolute Gasteiger partial charge is 0.495 e. The molecule has 0 radical (unpaired) electrons. The van der Waals surface area contributed by atoms with Crippen LogP contribution in [0.2, 0.25) is 0 Å². The number of carbonyl (C=O) groups is 3. The highest BCUT2D eigenvalue weighted by Crippen LogP contribution is 2.34. The minimum atomic E-state index is -0.741. The number of hydrogen-bond donors (Lipinski definition) is 3. The van der Waals surface area contributed by atoms with Crippen LogP contribution < -0.4 is 21.1 Å². The predicted molar refractivity (Wildman–Crippen MR) is 155 cm³/mol. The lowest BCUT2D eigenvalue weighted by molar-refractivity contribution is -0.127. The van der Waals surface area contributed by atoms with E-state index in [-0.39, 0.29) is 41.7 Å². The van der Waals surface area contributed by atoms with Gasteiger partial charge in [0, 0.05) is 38.1 Å². The number of aromatic nitrogens is 4. The number of nitrogens with zero attached hydrogens (tertiary/aromatic N) is 7. The van der Waals surface area contributed by atoms with Gasteiger partial charge in [-0.2, -0.15) is 15.3 Å². The molecule has 0 spiro atoms. The number of nitrogens with two attached hydrogens (primary N) is 1. The number of rotatable bonds is 10. The summed E-state index contributed by atoms with van der Waals surface area (Å²) in [6, 6.07) is 5.15. The number of carbonyl (C=O) groups excluding carboxylic acids is 3. The van der Waals surface area contributed by atoms with Crippen LogP contribution >= 0.6 is 0 Å². The number of methoxy groups -OCH3 is 1. The normalized spacial score (nSPS) is 14.4. The molecule has 4 rings (SSSR count). The molecule has 3 aromatic rings. The zero-order valence-corrected chi connectivity index (χ0v) is 23.6. The molecule has 3 heterocycles. The topological polar surface area (TPSA) is 184 Å². The molecule has 3 amide bonds. The van der Waals surface area contributed by atoms with E-state index in [1.165, 1.54) is 31.3 Å². The molecule has 0 saturated carbocycles. The first kappa shape index (κ1) is 29.5. The van der Waals surface area contributed by atoms with E-state index in [1.807, 2.05) is 6.07 Å². The van der Waals surface area contributed by atoms with Crippen molar-refractivity contribution in [2.24, 2.45) is 5.73 Å². The SMILES string of the molecule is C=CC(=O)N1CCC[C@H](n2cc(Nc3ncc(C(N)=O)c(Nc4c(C)cc(C(=O)N(C)CC#N)cc4OC)n3)cn2)C1. The first-order valence-electron chi connectivity index (χ1n) is 13.1. The van der Waals surface area contributed by atoms with Crippen LogP contribution in [-0.4, -0.2) is 81.1 Å². The second-order valence-electron chi connectivity index (χ2n) is 9.75. The Balaban J connectivity index is 1.58. The molecule has 0 aliphatic carbocycles. The standard InChI is InChI=1S/C28H32N10O4/c1-5-23(39)37-9-6-7-20(16-37)38-15-19(13-32-38)33-28-31-14-21(25(30)40)26(35-28)34-24-17(2)11-18(12-22(24)42-4)27(41)36(3)10-8-29/h5,11-15,20H,1,6-7,9-10,16H2,2-4H3,(H2,30,40)(H2,31,33,34,35)/t20-/m0/s1. The second-order valence-corrected chi connectivity index (χ2v) is 9.75. The summed E-state index contributed by atoms with van der Waals surface area (Å²) in [5.74, 6) is -0.562. The summed E-state index contributed by atoms with van der Waals surface area (Å²) >= 11 is 0. The van der Waals surface area contributed by atoms with Crippen molar-refractivity contribution in [1.29, 1.82) is 5.26 Å². The fourth-order valence-corrected chi connectivity index (χ4v) is 4.67. The first-order valence-corrected chi connectivity index (χ1v) is 13.1. The maximum atomic E-state index is 12.7. The van der Waals surface area contributed by atoms with Gasteiger partial charge in [-0.1, -0.05) is 6.58 Å². The number of nitriles is 1. The van der Waals surface area contributed by atoms with E-state index in [2.05, 4.69) is 32.3 Å². The van der Waals surface area contributed by atoms with Gasteiger partial charge in [-0.15, -0.1) is 0 Å². The molecular formula is C28H32N10O4. The quantitative estimate of drug-likeness (QED) is 0.241. The summed E-state index contributed by atoms with van der Waals surface area (Å²) in [7, 11) is 2.98. The van der Waals surface area contributed by atoms with Gasteiger partial charge in [0.05, 0.1) is 36.8 Å². The molecular weight excluding hydrogens is 540 g/mol. The van der Waals surface area contributed by atoms with E-state index >= 15 is 0 Å². The zero-order chi connectivity index (χ0) is 30.4. The van der Waals surface area contributed by atoms with Gasteiger partial charge in [0.1, 0.15) is 23.7 Å². The number of nitrogens with one attached hydrogen (secondary N) is 2. The molecule has 1 saturated heterocycles. The Bertz CT molecular complexity index is 1560.